The number of aromatic nitrogens is 6. The molecule has 0 spiro atoms. The van der Waals surface area contributed by atoms with E-state index in [4.69, 9.17) is 0 Å². The molecule has 166 valence electrons. The van der Waals surface area contributed by atoms with Crippen molar-refractivity contribution in [3.8, 4) is 22.5 Å². The lowest BCUT2D eigenvalue weighted by Crippen LogP contribution is -2.56. The van der Waals surface area contributed by atoms with Gasteiger partial charge in [-0.25, -0.2) is 23.4 Å². The molecule has 0 bridgehead atoms. The van der Waals surface area contributed by atoms with Gasteiger partial charge >= 0.3 is 6.18 Å². The molecule has 0 amide bonds. The van der Waals surface area contributed by atoms with Gasteiger partial charge < -0.3 is 4.90 Å². The molecule has 1 aliphatic rings. The molecule has 0 aliphatic carbocycles. The van der Waals surface area contributed by atoms with Gasteiger partial charge in [0, 0.05) is 25.2 Å². The normalized spacial score (nSPS) is 15.9. The number of benzene rings is 1. The molecule has 4 heterocycles. The lowest BCUT2D eigenvalue weighted by atomic mass is 10.0. The maximum absolute atomic E-state index is 13.5. The standard InChI is InChI=1S/C20H16F5N7/c1-30-16(11-3-5-12(6-4-11)20(23,24)25)13(7-28-30)15-14-17(31(2)29-15)26-10-27-18(14)32-8-19(21,22)9-32/h3-7,10H,8-9H2,1-2H3. The summed E-state index contributed by atoms with van der Waals surface area (Å²) in [5.41, 5.74) is 1.66. The van der Waals surface area contributed by atoms with E-state index in [1.54, 1.807) is 14.1 Å². The highest BCUT2D eigenvalue weighted by atomic mass is 19.4. The first-order valence-corrected chi connectivity index (χ1v) is 9.56. The lowest BCUT2D eigenvalue weighted by Gasteiger charge is -2.39. The van der Waals surface area contributed by atoms with Crippen molar-refractivity contribution < 1.29 is 22.0 Å². The van der Waals surface area contributed by atoms with E-state index < -0.39 is 30.8 Å². The Labute approximate surface area is 178 Å². The average Bonchev–Trinajstić information content (AvgIpc) is 3.25. The van der Waals surface area contributed by atoms with Crippen LogP contribution in [0.15, 0.2) is 36.8 Å². The molecule has 5 rings (SSSR count). The van der Waals surface area contributed by atoms with Crippen molar-refractivity contribution in [3.05, 3.63) is 42.4 Å². The fourth-order valence-electron chi connectivity index (χ4n) is 3.93. The predicted octanol–water partition coefficient (Wildman–Crippen LogP) is 3.90. The van der Waals surface area contributed by atoms with Gasteiger partial charge in [0.1, 0.15) is 17.8 Å². The topological polar surface area (TPSA) is 64.7 Å². The van der Waals surface area contributed by atoms with Crippen molar-refractivity contribution in [2.24, 2.45) is 14.1 Å². The van der Waals surface area contributed by atoms with Crippen molar-refractivity contribution in [1.82, 2.24) is 29.5 Å². The minimum absolute atomic E-state index is 0.325. The smallest absolute Gasteiger partial charge is 0.344 e. The minimum Gasteiger partial charge on any atom is -0.344 e. The third-order valence-corrected chi connectivity index (χ3v) is 5.42. The Bertz CT molecular complexity index is 1310. The molecule has 32 heavy (non-hydrogen) atoms. The van der Waals surface area contributed by atoms with Gasteiger partial charge in [0.2, 0.25) is 0 Å². The van der Waals surface area contributed by atoms with Crippen LogP contribution >= 0.6 is 0 Å². The third kappa shape index (κ3) is 3.17. The van der Waals surface area contributed by atoms with Crippen LogP contribution in [0.3, 0.4) is 0 Å². The van der Waals surface area contributed by atoms with Crippen molar-refractivity contribution in [3.63, 3.8) is 0 Å². The molecule has 7 nitrogen and oxygen atoms in total. The van der Waals surface area contributed by atoms with Gasteiger partial charge in [-0.2, -0.15) is 23.4 Å². The molecule has 1 fully saturated rings. The second-order valence-corrected chi connectivity index (χ2v) is 7.69. The highest BCUT2D eigenvalue weighted by Crippen LogP contribution is 2.41. The number of rotatable bonds is 3. The fourth-order valence-corrected chi connectivity index (χ4v) is 3.93. The van der Waals surface area contributed by atoms with E-state index in [2.05, 4.69) is 20.2 Å². The second kappa shape index (κ2) is 6.71. The Morgan fingerprint density at radius 1 is 0.969 bits per heavy atom. The zero-order chi connectivity index (χ0) is 22.8. The number of alkyl halides is 5. The van der Waals surface area contributed by atoms with Crippen molar-refractivity contribution in [1.29, 1.82) is 0 Å². The van der Waals surface area contributed by atoms with Crippen LogP contribution < -0.4 is 4.90 Å². The van der Waals surface area contributed by atoms with Crippen LogP contribution in [-0.4, -0.2) is 48.5 Å². The Morgan fingerprint density at radius 3 is 2.28 bits per heavy atom. The largest absolute Gasteiger partial charge is 0.416 e. The zero-order valence-electron chi connectivity index (χ0n) is 16.9. The van der Waals surface area contributed by atoms with Crippen LogP contribution in [-0.2, 0) is 20.3 Å². The van der Waals surface area contributed by atoms with Gasteiger partial charge in [-0.05, 0) is 12.1 Å². The third-order valence-electron chi connectivity index (χ3n) is 5.42. The zero-order valence-corrected chi connectivity index (χ0v) is 16.9. The van der Waals surface area contributed by atoms with Crippen molar-refractivity contribution in [2.75, 3.05) is 18.0 Å². The molecule has 1 aromatic carbocycles. The van der Waals surface area contributed by atoms with Gasteiger partial charge in [-0.1, -0.05) is 12.1 Å². The molecule has 12 heteroatoms. The quantitative estimate of drug-likeness (QED) is 0.444. The molecule has 1 saturated heterocycles. The van der Waals surface area contributed by atoms with E-state index in [9.17, 15) is 22.0 Å². The second-order valence-electron chi connectivity index (χ2n) is 7.69. The van der Waals surface area contributed by atoms with Crippen LogP contribution in [0.25, 0.3) is 33.5 Å². The molecule has 4 aromatic rings. The molecule has 0 N–H and O–H groups in total. The Hall–Kier alpha value is -3.57. The number of hydrogen-bond acceptors (Lipinski definition) is 5. The van der Waals surface area contributed by atoms with Gasteiger partial charge in [0.25, 0.3) is 5.92 Å². The first kappa shape index (κ1) is 20.3. The van der Waals surface area contributed by atoms with Crippen LogP contribution in [0, 0.1) is 0 Å². The highest BCUT2D eigenvalue weighted by molar-refractivity contribution is 6.02. The fraction of sp³-hybridized carbons (Fsp3) is 0.300. The summed E-state index contributed by atoms with van der Waals surface area (Å²) in [5.74, 6) is -2.47. The van der Waals surface area contributed by atoms with Crippen LogP contribution in [0.5, 0.6) is 0 Å². The summed E-state index contributed by atoms with van der Waals surface area (Å²) in [4.78, 5) is 9.90. The molecule has 1 aliphatic heterocycles. The first-order valence-electron chi connectivity index (χ1n) is 9.56. The SMILES string of the molecule is Cn1ncc(-c2nn(C)c3ncnc(N4CC(F)(F)C4)c23)c1-c1ccc(C(F)(F)F)cc1. The molecule has 0 radical (unpaired) electrons. The summed E-state index contributed by atoms with van der Waals surface area (Å²) in [5, 5.41) is 9.26. The molecule has 0 atom stereocenters. The molecular formula is C20H16F5N7. The van der Waals surface area contributed by atoms with E-state index in [1.807, 2.05) is 0 Å². The van der Waals surface area contributed by atoms with Gasteiger partial charge in [0.15, 0.2) is 5.65 Å². The molecular weight excluding hydrogens is 433 g/mol. The van der Waals surface area contributed by atoms with Crippen LogP contribution in [0.4, 0.5) is 27.8 Å². The number of anilines is 1. The highest BCUT2D eigenvalue weighted by Gasteiger charge is 2.45. The molecule has 0 unspecified atom stereocenters. The monoisotopic (exact) mass is 449 g/mol. The Kier molecular flexibility index (Phi) is 4.27. The van der Waals surface area contributed by atoms with E-state index >= 15 is 0 Å². The number of fused-ring (bicyclic) bond motifs is 1. The summed E-state index contributed by atoms with van der Waals surface area (Å²) in [6.07, 6.45) is -1.62. The van der Waals surface area contributed by atoms with Gasteiger partial charge in [-0.15, -0.1) is 0 Å². The Morgan fingerprint density at radius 2 is 1.66 bits per heavy atom. The Balaban J connectivity index is 1.67. The van der Waals surface area contributed by atoms with Crippen molar-refractivity contribution >= 4 is 16.9 Å². The maximum Gasteiger partial charge on any atom is 0.416 e. The number of hydrogen-bond donors (Lipinski definition) is 0. The van der Waals surface area contributed by atoms with Crippen LogP contribution in [0.2, 0.25) is 0 Å². The van der Waals surface area contributed by atoms with Crippen molar-refractivity contribution in [2.45, 2.75) is 12.1 Å². The summed E-state index contributed by atoms with van der Waals surface area (Å²) in [7, 11) is 3.33. The molecule has 3 aromatic heterocycles. The number of nitrogens with zero attached hydrogens (tertiary/aromatic N) is 7. The molecule has 0 saturated carbocycles. The predicted molar refractivity (Wildman–Crippen MR) is 106 cm³/mol. The minimum atomic E-state index is -4.45. The van der Waals surface area contributed by atoms with E-state index in [-0.39, 0.29) is 0 Å². The number of halogens is 5. The number of aryl methyl sites for hydroxylation is 2. The van der Waals surface area contributed by atoms with Gasteiger partial charge in [-0.3, -0.25) is 4.68 Å². The lowest BCUT2D eigenvalue weighted by molar-refractivity contribution is -0.137. The van der Waals surface area contributed by atoms with E-state index in [0.717, 1.165) is 12.1 Å². The summed E-state index contributed by atoms with van der Waals surface area (Å²) >= 11 is 0. The summed E-state index contributed by atoms with van der Waals surface area (Å²) in [6.45, 7) is -0.932. The summed E-state index contributed by atoms with van der Waals surface area (Å²) in [6, 6.07) is 4.72. The first-order chi connectivity index (χ1) is 15.0. The van der Waals surface area contributed by atoms with E-state index in [0.29, 0.717) is 39.4 Å². The maximum atomic E-state index is 13.5. The van der Waals surface area contributed by atoms with E-state index in [1.165, 1.54) is 38.9 Å². The summed E-state index contributed by atoms with van der Waals surface area (Å²) < 4.78 is 69.0. The average molecular weight is 449 g/mol. The van der Waals surface area contributed by atoms with Gasteiger partial charge in [0.05, 0.1) is 35.9 Å². The van der Waals surface area contributed by atoms with Crippen LogP contribution in [0.1, 0.15) is 5.56 Å².